The molecular weight excluding hydrogens is 332 g/mol. The number of carbonyl (C=O) groups excluding carboxylic acids is 3. The minimum atomic E-state index is -0.544. The van der Waals surface area contributed by atoms with Crippen LogP contribution in [-0.2, 0) is 0 Å². The second kappa shape index (κ2) is 6.38. The first kappa shape index (κ1) is 16.5. The molecule has 132 valence electrons. The highest BCUT2D eigenvalue weighted by Crippen LogP contribution is 2.34. The molecule has 26 heavy (non-hydrogen) atoms. The Balaban J connectivity index is 1.57. The van der Waals surface area contributed by atoms with E-state index < -0.39 is 11.9 Å². The summed E-state index contributed by atoms with van der Waals surface area (Å²) in [6, 6.07) is 13.1. The smallest absolute Gasteiger partial charge is 0.261 e. The summed E-state index contributed by atoms with van der Waals surface area (Å²) in [5.41, 5.74) is 1.70. The lowest BCUT2D eigenvalue weighted by atomic mass is 10.0. The van der Waals surface area contributed by atoms with E-state index >= 15 is 0 Å². The Hall–Kier alpha value is -2.99. The second-order valence-corrected chi connectivity index (χ2v) is 6.59. The van der Waals surface area contributed by atoms with Crippen molar-refractivity contribution in [3.63, 3.8) is 0 Å². The van der Waals surface area contributed by atoms with Crippen LogP contribution in [0.5, 0.6) is 0 Å². The summed E-state index contributed by atoms with van der Waals surface area (Å²) >= 11 is 0. The van der Waals surface area contributed by atoms with Gasteiger partial charge in [0.15, 0.2) is 0 Å². The molecule has 2 aromatic carbocycles. The number of fused-ring (bicyclic) bond motifs is 1. The Labute approximate surface area is 150 Å². The highest BCUT2D eigenvalue weighted by molar-refractivity contribution is 6.22. The van der Waals surface area contributed by atoms with E-state index in [9.17, 15) is 19.5 Å². The molecule has 0 radical (unpaired) electrons. The van der Waals surface area contributed by atoms with Crippen LogP contribution in [-0.4, -0.2) is 40.4 Å². The molecule has 2 aromatic rings. The SMILES string of the molecule is O=C(N[C@@H](CO)c1ccccc1)c1ccc2c(c1)C(=O)N(C1CC1)C2=O. The highest BCUT2D eigenvalue weighted by atomic mass is 16.3. The summed E-state index contributed by atoms with van der Waals surface area (Å²) in [6.45, 7) is -0.242. The third kappa shape index (κ3) is 2.78. The molecule has 1 aliphatic carbocycles. The maximum atomic E-state index is 12.6. The molecule has 3 amide bonds. The monoisotopic (exact) mass is 350 g/mol. The van der Waals surface area contributed by atoms with Gasteiger partial charge in [0, 0.05) is 11.6 Å². The molecule has 0 unspecified atom stereocenters. The number of benzene rings is 2. The van der Waals surface area contributed by atoms with Crippen molar-refractivity contribution in [2.75, 3.05) is 6.61 Å². The standard InChI is InChI=1S/C20H18N2O4/c23-11-17(12-4-2-1-3-5-12)21-18(24)13-6-9-15-16(10-13)20(26)22(19(15)25)14-7-8-14/h1-6,9-10,14,17,23H,7-8,11H2,(H,21,24)/t17-/m0/s1. The zero-order valence-electron chi connectivity index (χ0n) is 14.0. The Kier molecular flexibility index (Phi) is 4.05. The maximum Gasteiger partial charge on any atom is 0.261 e. The van der Waals surface area contributed by atoms with Crippen LogP contribution in [0.25, 0.3) is 0 Å². The van der Waals surface area contributed by atoms with Crippen molar-refractivity contribution in [1.82, 2.24) is 10.2 Å². The molecule has 6 nitrogen and oxygen atoms in total. The number of aliphatic hydroxyl groups is 1. The van der Waals surface area contributed by atoms with E-state index in [0.717, 1.165) is 18.4 Å². The average Bonchev–Trinajstić information content (AvgIpc) is 3.47. The van der Waals surface area contributed by atoms with E-state index in [1.54, 1.807) is 0 Å². The molecule has 1 atom stereocenters. The summed E-state index contributed by atoms with van der Waals surface area (Å²) < 4.78 is 0. The predicted molar refractivity (Wildman–Crippen MR) is 93.7 cm³/mol. The van der Waals surface area contributed by atoms with Gasteiger partial charge in [-0.2, -0.15) is 0 Å². The van der Waals surface area contributed by atoms with E-state index in [1.807, 2.05) is 30.3 Å². The second-order valence-electron chi connectivity index (χ2n) is 6.59. The largest absolute Gasteiger partial charge is 0.394 e. The van der Waals surface area contributed by atoms with Crippen LogP contribution < -0.4 is 5.32 Å². The number of imide groups is 1. The molecule has 0 bridgehead atoms. The van der Waals surface area contributed by atoms with Gasteiger partial charge in [-0.3, -0.25) is 19.3 Å². The Bertz CT molecular complexity index is 890. The van der Waals surface area contributed by atoms with Crippen molar-refractivity contribution < 1.29 is 19.5 Å². The molecule has 1 fully saturated rings. The van der Waals surface area contributed by atoms with E-state index in [1.165, 1.54) is 23.1 Å². The third-order valence-electron chi connectivity index (χ3n) is 4.78. The Morgan fingerprint density at radius 2 is 1.77 bits per heavy atom. The summed E-state index contributed by atoms with van der Waals surface area (Å²) in [5.74, 6) is -1.01. The van der Waals surface area contributed by atoms with Crippen LogP contribution in [0.15, 0.2) is 48.5 Å². The molecule has 6 heteroatoms. The number of hydrogen-bond donors (Lipinski definition) is 2. The molecule has 2 N–H and O–H groups in total. The normalized spacial score (nSPS) is 17.2. The Morgan fingerprint density at radius 1 is 1.08 bits per heavy atom. The van der Waals surface area contributed by atoms with E-state index in [2.05, 4.69) is 5.32 Å². The van der Waals surface area contributed by atoms with Crippen molar-refractivity contribution in [3.8, 4) is 0 Å². The fourth-order valence-corrected chi connectivity index (χ4v) is 3.23. The number of aliphatic hydroxyl groups excluding tert-OH is 1. The van der Waals surface area contributed by atoms with Crippen molar-refractivity contribution in [2.24, 2.45) is 0 Å². The summed E-state index contributed by atoms with van der Waals surface area (Å²) in [7, 11) is 0. The van der Waals surface area contributed by atoms with Crippen LogP contribution in [0.1, 0.15) is 55.5 Å². The zero-order valence-corrected chi connectivity index (χ0v) is 14.0. The zero-order chi connectivity index (χ0) is 18.3. The molecule has 0 saturated heterocycles. The van der Waals surface area contributed by atoms with Crippen LogP contribution in [0.3, 0.4) is 0 Å². The van der Waals surface area contributed by atoms with Gasteiger partial charge in [0.1, 0.15) is 0 Å². The number of nitrogens with one attached hydrogen (secondary N) is 1. The molecule has 1 heterocycles. The Morgan fingerprint density at radius 3 is 2.42 bits per heavy atom. The lowest BCUT2D eigenvalue weighted by Gasteiger charge is -2.17. The van der Waals surface area contributed by atoms with Gasteiger partial charge >= 0.3 is 0 Å². The van der Waals surface area contributed by atoms with Crippen LogP contribution in [0.4, 0.5) is 0 Å². The van der Waals surface area contributed by atoms with Gasteiger partial charge in [0.25, 0.3) is 17.7 Å². The minimum Gasteiger partial charge on any atom is -0.394 e. The quantitative estimate of drug-likeness (QED) is 0.807. The summed E-state index contributed by atoms with van der Waals surface area (Å²) in [6.07, 6.45) is 1.68. The molecule has 0 aromatic heterocycles. The predicted octanol–water partition coefficient (Wildman–Crippen LogP) is 1.91. The highest BCUT2D eigenvalue weighted by Gasteiger charge is 2.44. The first-order valence-corrected chi connectivity index (χ1v) is 8.58. The van der Waals surface area contributed by atoms with E-state index in [-0.39, 0.29) is 35.6 Å². The van der Waals surface area contributed by atoms with Crippen LogP contribution in [0, 0.1) is 0 Å². The van der Waals surface area contributed by atoms with Gasteiger partial charge < -0.3 is 10.4 Å². The molecule has 2 aliphatic rings. The van der Waals surface area contributed by atoms with E-state index in [4.69, 9.17) is 0 Å². The first-order chi connectivity index (χ1) is 12.6. The van der Waals surface area contributed by atoms with Gasteiger partial charge in [-0.15, -0.1) is 0 Å². The fourth-order valence-electron chi connectivity index (χ4n) is 3.23. The number of amides is 3. The first-order valence-electron chi connectivity index (χ1n) is 8.58. The minimum absolute atomic E-state index is 0.00322. The van der Waals surface area contributed by atoms with Crippen LogP contribution in [0.2, 0.25) is 0 Å². The topological polar surface area (TPSA) is 86.7 Å². The number of hydrogen-bond acceptors (Lipinski definition) is 4. The summed E-state index contributed by atoms with van der Waals surface area (Å²) in [5, 5.41) is 12.4. The molecular formula is C20H18N2O4. The molecule has 4 rings (SSSR count). The van der Waals surface area contributed by atoms with Crippen molar-refractivity contribution in [3.05, 3.63) is 70.8 Å². The fraction of sp³-hybridized carbons (Fsp3) is 0.250. The van der Waals surface area contributed by atoms with Crippen molar-refractivity contribution in [2.45, 2.75) is 24.9 Å². The lowest BCUT2D eigenvalue weighted by molar-refractivity contribution is 0.0642. The van der Waals surface area contributed by atoms with Gasteiger partial charge in [0.2, 0.25) is 0 Å². The molecule has 1 saturated carbocycles. The van der Waals surface area contributed by atoms with Crippen LogP contribution >= 0.6 is 0 Å². The van der Waals surface area contributed by atoms with Crippen molar-refractivity contribution >= 4 is 17.7 Å². The summed E-state index contributed by atoms with van der Waals surface area (Å²) in [4.78, 5) is 38.7. The number of rotatable bonds is 5. The van der Waals surface area contributed by atoms with Crippen molar-refractivity contribution in [1.29, 1.82) is 0 Å². The lowest BCUT2D eigenvalue weighted by Crippen LogP contribution is -2.31. The third-order valence-corrected chi connectivity index (χ3v) is 4.78. The average molecular weight is 350 g/mol. The number of nitrogens with zero attached hydrogens (tertiary/aromatic N) is 1. The van der Waals surface area contributed by atoms with Gasteiger partial charge in [0.05, 0.1) is 23.8 Å². The van der Waals surface area contributed by atoms with E-state index in [0.29, 0.717) is 5.56 Å². The molecule has 1 aliphatic heterocycles. The maximum absolute atomic E-state index is 12.6. The number of carbonyl (C=O) groups is 3. The van der Waals surface area contributed by atoms with Gasteiger partial charge in [-0.05, 0) is 36.6 Å². The van der Waals surface area contributed by atoms with Gasteiger partial charge in [-0.1, -0.05) is 30.3 Å². The van der Waals surface area contributed by atoms with Gasteiger partial charge in [-0.25, -0.2) is 0 Å². The molecule has 0 spiro atoms.